The van der Waals surface area contributed by atoms with Crippen molar-refractivity contribution >= 4 is 11.6 Å². The second-order valence-electron chi connectivity index (χ2n) is 5.42. The van der Waals surface area contributed by atoms with E-state index in [1.54, 1.807) is 14.2 Å². The smallest absolute Gasteiger partial charge is 0.161 e. The van der Waals surface area contributed by atoms with E-state index in [0.717, 1.165) is 53.8 Å². The van der Waals surface area contributed by atoms with E-state index in [0.29, 0.717) is 6.61 Å². The molecule has 0 aliphatic heterocycles. The van der Waals surface area contributed by atoms with Crippen LogP contribution in [0.15, 0.2) is 42.5 Å². The van der Waals surface area contributed by atoms with Crippen LogP contribution in [0.25, 0.3) is 0 Å². The fraction of sp³-hybridized carbons (Fsp3) is 0.368. The highest BCUT2D eigenvalue weighted by Gasteiger charge is 2.06. The number of halogens is 1. The summed E-state index contributed by atoms with van der Waals surface area (Å²) in [7, 11) is 3.37. The van der Waals surface area contributed by atoms with Gasteiger partial charge in [-0.25, -0.2) is 0 Å². The summed E-state index contributed by atoms with van der Waals surface area (Å²) in [6, 6.07) is 13.6. The van der Waals surface area contributed by atoms with Crippen molar-refractivity contribution in [2.75, 3.05) is 27.4 Å². The van der Waals surface area contributed by atoms with Gasteiger partial charge in [-0.2, -0.15) is 0 Å². The van der Waals surface area contributed by atoms with Gasteiger partial charge in [0.05, 0.1) is 7.11 Å². The van der Waals surface area contributed by atoms with Crippen molar-refractivity contribution in [3.8, 4) is 11.5 Å². The van der Waals surface area contributed by atoms with Crippen LogP contribution in [0.5, 0.6) is 11.5 Å². The molecule has 130 valence electrons. The molecule has 5 heteroatoms. The lowest BCUT2D eigenvalue weighted by Gasteiger charge is -2.13. The summed E-state index contributed by atoms with van der Waals surface area (Å²) in [5.74, 6) is 1.47. The maximum atomic E-state index is 5.89. The summed E-state index contributed by atoms with van der Waals surface area (Å²) in [6.07, 6.45) is 0.996. The molecule has 1 N–H and O–H groups in total. The van der Waals surface area contributed by atoms with Gasteiger partial charge in [0.25, 0.3) is 0 Å². The third kappa shape index (κ3) is 6.04. The standard InChI is InChI=1S/C19H24ClNO3/c1-22-11-3-10-21-13-16-6-9-18(19(12-16)23-2)24-14-15-4-7-17(20)8-5-15/h4-9,12,21H,3,10-11,13-14H2,1-2H3. The summed E-state index contributed by atoms with van der Waals surface area (Å²) < 4.78 is 16.3. The molecular weight excluding hydrogens is 326 g/mol. The van der Waals surface area contributed by atoms with Gasteiger partial charge in [0, 0.05) is 25.3 Å². The molecule has 0 bridgehead atoms. The van der Waals surface area contributed by atoms with Gasteiger partial charge >= 0.3 is 0 Å². The molecule has 0 saturated carbocycles. The average Bonchev–Trinajstić information content (AvgIpc) is 2.61. The van der Waals surface area contributed by atoms with Gasteiger partial charge in [-0.3, -0.25) is 0 Å². The molecule has 4 nitrogen and oxygen atoms in total. The van der Waals surface area contributed by atoms with Crippen LogP contribution < -0.4 is 14.8 Å². The molecule has 2 rings (SSSR count). The highest BCUT2D eigenvalue weighted by Crippen LogP contribution is 2.29. The van der Waals surface area contributed by atoms with Crippen LogP contribution in [0, 0.1) is 0 Å². The molecule has 0 aliphatic rings. The lowest BCUT2D eigenvalue weighted by Crippen LogP contribution is -2.16. The predicted molar refractivity (Wildman–Crippen MR) is 97.0 cm³/mol. The summed E-state index contributed by atoms with van der Waals surface area (Å²) >= 11 is 5.89. The van der Waals surface area contributed by atoms with E-state index in [9.17, 15) is 0 Å². The van der Waals surface area contributed by atoms with Gasteiger partial charge in [0.2, 0.25) is 0 Å². The first kappa shape index (κ1) is 18.6. The molecule has 2 aromatic carbocycles. The van der Waals surface area contributed by atoms with Gasteiger partial charge in [0.1, 0.15) is 6.61 Å². The van der Waals surface area contributed by atoms with Gasteiger partial charge in [-0.15, -0.1) is 0 Å². The first-order valence-electron chi connectivity index (χ1n) is 7.96. The number of hydrogen-bond donors (Lipinski definition) is 1. The minimum atomic E-state index is 0.474. The number of rotatable bonds is 10. The number of methoxy groups -OCH3 is 2. The lowest BCUT2D eigenvalue weighted by atomic mass is 10.2. The largest absolute Gasteiger partial charge is 0.493 e. The molecule has 0 atom stereocenters. The Hall–Kier alpha value is -1.75. The van der Waals surface area contributed by atoms with Gasteiger partial charge in [-0.1, -0.05) is 29.8 Å². The molecule has 2 aromatic rings. The summed E-state index contributed by atoms with van der Waals surface area (Å²) in [5.41, 5.74) is 2.22. The minimum Gasteiger partial charge on any atom is -0.493 e. The fourth-order valence-corrected chi connectivity index (χ4v) is 2.38. The van der Waals surface area contributed by atoms with Gasteiger partial charge < -0.3 is 19.5 Å². The third-order valence-corrected chi connectivity index (χ3v) is 3.82. The topological polar surface area (TPSA) is 39.7 Å². The number of benzene rings is 2. The van der Waals surface area contributed by atoms with Crippen LogP contribution in [0.1, 0.15) is 17.5 Å². The summed E-state index contributed by atoms with van der Waals surface area (Å²) in [6.45, 7) is 2.96. The van der Waals surface area contributed by atoms with E-state index in [2.05, 4.69) is 5.32 Å². The van der Waals surface area contributed by atoms with E-state index in [1.165, 1.54) is 0 Å². The molecule has 0 heterocycles. The molecule has 0 spiro atoms. The minimum absolute atomic E-state index is 0.474. The highest BCUT2D eigenvalue weighted by atomic mass is 35.5. The van der Waals surface area contributed by atoms with Crippen molar-refractivity contribution in [3.05, 3.63) is 58.6 Å². The Bertz CT molecular complexity index is 617. The maximum absolute atomic E-state index is 5.89. The van der Waals surface area contributed by atoms with Crippen LogP contribution in [-0.2, 0) is 17.9 Å². The number of ether oxygens (including phenoxy) is 3. The first-order chi connectivity index (χ1) is 11.7. The summed E-state index contributed by atoms with van der Waals surface area (Å²) in [5, 5.41) is 4.10. The molecule has 0 aromatic heterocycles. The molecule has 0 radical (unpaired) electrons. The third-order valence-electron chi connectivity index (χ3n) is 3.57. The zero-order valence-corrected chi connectivity index (χ0v) is 14.9. The monoisotopic (exact) mass is 349 g/mol. The maximum Gasteiger partial charge on any atom is 0.161 e. The summed E-state index contributed by atoms with van der Waals surface area (Å²) in [4.78, 5) is 0. The Morgan fingerprint density at radius 3 is 2.42 bits per heavy atom. The number of nitrogens with one attached hydrogen (secondary N) is 1. The quantitative estimate of drug-likeness (QED) is 0.657. The first-order valence-corrected chi connectivity index (χ1v) is 8.34. The lowest BCUT2D eigenvalue weighted by molar-refractivity contribution is 0.194. The van der Waals surface area contributed by atoms with Crippen molar-refractivity contribution in [1.82, 2.24) is 5.32 Å². The molecule has 0 fully saturated rings. The zero-order valence-electron chi connectivity index (χ0n) is 14.2. The molecule has 0 unspecified atom stereocenters. The normalized spacial score (nSPS) is 10.6. The average molecular weight is 350 g/mol. The molecule has 0 amide bonds. The van der Waals surface area contributed by atoms with Crippen molar-refractivity contribution in [2.45, 2.75) is 19.6 Å². The second-order valence-corrected chi connectivity index (χ2v) is 5.86. The Labute approximate surface area is 148 Å². The zero-order chi connectivity index (χ0) is 17.2. The van der Waals surface area contributed by atoms with Gasteiger partial charge in [0.15, 0.2) is 11.5 Å². The van der Waals surface area contributed by atoms with Crippen molar-refractivity contribution in [3.63, 3.8) is 0 Å². The molecule has 0 saturated heterocycles. The van der Waals surface area contributed by atoms with E-state index >= 15 is 0 Å². The van der Waals surface area contributed by atoms with Crippen LogP contribution >= 0.6 is 11.6 Å². The van der Waals surface area contributed by atoms with Gasteiger partial charge in [-0.05, 0) is 48.4 Å². The van der Waals surface area contributed by atoms with Crippen LogP contribution in [0.3, 0.4) is 0 Å². The molecular formula is C19H24ClNO3. The van der Waals surface area contributed by atoms with Crippen molar-refractivity contribution in [2.24, 2.45) is 0 Å². The SMILES string of the molecule is COCCCNCc1ccc(OCc2ccc(Cl)cc2)c(OC)c1. The van der Waals surface area contributed by atoms with E-state index in [-0.39, 0.29) is 0 Å². The molecule has 0 aliphatic carbocycles. The fourth-order valence-electron chi connectivity index (χ4n) is 2.26. The van der Waals surface area contributed by atoms with Crippen molar-refractivity contribution in [1.29, 1.82) is 0 Å². The van der Waals surface area contributed by atoms with Crippen LogP contribution in [0.4, 0.5) is 0 Å². The van der Waals surface area contributed by atoms with E-state index in [4.69, 9.17) is 25.8 Å². The second kappa shape index (κ2) is 10.2. The Morgan fingerprint density at radius 2 is 1.71 bits per heavy atom. The predicted octanol–water partition coefficient (Wildman–Crippen LogP) is 4.05. The van der Waals surface area contributed by atoms with E-state index in [1.807, 2.05) is 42.5 Å². The van der Waals surface area contributed by atoms with Crippen LogP contribution in [0.2, 0.25) is 5.02 Å². The van der Waals surface area contributed by atoms with Crippen LogP contribution in [-0.4, -0.2) is 27.4 Å². The highest BCUT2D eigenvalue weighted by molar-refractivity contribution is 6.30. The van der Waals surface area contributed by atoms with Crippen molar-refractivity contribution < 1.29 is 14.2 Å². The Morgan fingerprint density at radius 1 is 0.958 bits per heavy atom. The Balaban J connectivity index is 1.89. The Kier molecular flexibility index (Phi) is 7.89. The van der Waals surface area contributed by atoms with E-state index < -0.39 is 0 Å². The number of hydrogen-bond acceptors (Lipinski definition) is 4. The molecule has 24 heavy (non-hydrogen) atoms.